The van der Waals surface area contributed by atoms with Gasteiger partial charge in [0.15, 0.2) is 5.96 Å². The first-order valence-electron chi connectivity index (χ1n) is 10.4. The maximum absolute atomic E-state index is 11.4. The molecule has 1 aliphatic rings. The molecule has 2 atom stereocenters. The number of sulfone groups is 1. The van der Waals surface area contributed by atoms with E-state index in [1.807, 2.05) is 19.1 Å². The summed E-state index contributed by atoms with van der Waals surface area (Å²) < 4.78 is 28.1. The molecule has 0 bridgehead atoms. The lowest BCUT2D eigenvalue weighted by molar-refractivity contribution is 0.164. The van der Waals surface area contributed by atoms with Crippen LogP contribution in [-0.2, 0) is 9.84 Å². The van der Waals surface area contributed by atoms with Crippen LogP contribution >= 0.6 is 24.0 Å². The van der Waals surface area contributed by atoms with Gasteiger partial charge in [-0.3, -0.25) is 9.89 Å². The summed E-state index contributed by atoms with van der Waals surface area (Å²) in [6.07, 6.45) is 5.56. The van der Waals surface area contributed by atoms with Crippen molar-refractivity contribution in [3.63, 3.8) is 0 Å². The summed E-state index contributed by atoms with van der Waals surface area (Å²) in [7, 11) is 0.457. The van der Waals surface area contributed by atoms with Crippen LogP contribution in [0.1, 0.15) is 44.2 Å². The van der Waals surface area contributed by atoms with Crippen molar-refractivity contribution in [3.05, 3.63) is 29.8 Å². The van der Waals surface area contributed by atoms with Gasteiger partial charge in [-0.1, -0.05) is 18.6 Å². The van der Waals surface area contributed by atoms with Gasteiger partial charge in [-0.05, 0) is 57.0 Å². The largest absolute Gasteiger partial charge is 0.497 e. The monoisotopic (exact) mass is 552 g/mol. The zero-order valence-corrected chi connectivity index (χ0v) is 21.7. The minimum atomic E-state index is -2.96. The number of hydrogen-bond donors (Lipinski definition) is 2. The molecule has 1 aromatic carbocycles. The molecule has 1 aliphatic heterocycles. The van der Waals surface area contributed by atoms with Crippen molar-refractivity contribution in [1.82, 2.24) is 15.5 Å². The SMILES string of the molecule is CN=C(NCC(c1ccc(OC)cc1)N1CCCCC1)NC(C)CCS(C)(=O)=O.I. The Kier molecular flexibility index (Phi) is 12.0. The number of likely N-dealkylation sites (tertiary alicyclic amines) is 1. The number of methoxy groups -OCH3 is 1. The third-order valence-corrected chi connectivity index (χ3v) is 6.30. The lowest BCUT2D eigenvalue weighted by Crippen LogP contribution is -2.47. The summed E-state index contributed by atoms with van der Waals surface area (Å²) in [5.74, 6) is 1.72. The minimum absolute atomic E-state index is 0. The molecule has 1 aromatic rings. The molecule has 2 N–H and O–H groups in total. The Balaban J connectivity index is 0.00000450. The van der Waals surface area contributed by atoms with E-state index in [9.17, 15) is 8.42 Å². The average Bonchev–Trinajstić information content (AvgIpc) is 2.72. The van der Waals surface area contributed by atoms with Gasteiger partial charge in [0.25, 0.3) is 0 Å². The van der Waals surface area contributed by atoms with Crippen molar-refractivity contribution < 1.29 is 13.2 Å². The van der Waals surface area contributed by atoms with Crippen LogP contribution in [0.25, 0.3) is 0 Å². The molecule has 9 heteroatoms. The van der Waals surface area contributed by atoms with Crippen LogP contribution in [0.5, 0.6) is 5.75 Å². The van der Waals surface area contributed by atoms with Crippen molar-refractivity contribution >= 4 is 39.8 Å². The molecule has 172 valence electrons. The summed E-state index contributed by atoms with van der Waals surface area (Å²) in [5, 5.41) is 6.74. The van der Waals surface area contributed by atoms with Crippen molar-refractivity contribution in [3.8, 4) is 5.75 Å². The lowest BCUT2D eigenvalue weighted by atomic mass is 10.0. The molecule has 1 heterocycles. The van der Waals surface area contributed by atoms with Crippen molar-refractivity contribution in [2.24, 2.45) is 4.99 Å². The number of nitrogens with zero attached hydrogens (tertiary/aromatic N) is 2. The molecule has 2 rings (SSSR count). The smallest absolute Gasteiger partial charge is 0.191 e. The topological polar surface area (TPSA) is 83.0 Å². The van der Waals surface area contributed by atoms with Gasteiger partial charge in [-0.2, -0.15) is 0 Å². The predicted octanol–water partition coefficient (Wildman–Crippen LogP) is 2.83. The normalized spacial score (nSPS) is 17.5. The van der Waals surface area contributed by atoms with Crippen LogP contribution in [0.4, 0.5) is 0 Å². The highest BCUT2D eigenvalue weighted by Gasteiger charge is 2.23. The van der Waals surface area contributed by atoms with Crippen molar-refractivity contribution in [2.75, 3.05) is 45.8 Å². The number of halogens is 1. The molecule has 2 unspecified atom stereocenters. The second-order valence-corrected chi connectivity index (χ2v) is 10.1. The molecule has 0 saturated carbocycles. The number of benzene rings is 1. The lowest BCUT2D eigenvalue weighted by Gasteiger charge is -2.35. The third kappa shape index (κ3) is 9.38. The van der Waals surface area contributed by atoms with Gasteiger partial charge in [0.05, 0.1) is 18.9 Å². The second kappa shape index (κ2) is 13.4. The minimum Gasteiger partial charge on any atom is -0.497 e. The number of aliphatic imine (C=N–C) groups is 1. The summed E-state index contributed by atoms with van der Waals surface area (Å²) in [5.41, 5.74) is 1.25. The first-order chi connectivity index (χ1) is 13.8. The number of ether oxygens (including phenoxy) is 1. The fraction of sp³-hybridized carbons (Fsp3) is 0.667. The number of guanidine groups is 1. The van der Waals surface area contributed by atoms with E-state index in [1.165, 1.54) is 31.1 Å². The Morgan fingerprint density at radius 1 is 1.20 bits per heavy atom. The Morgan fingerprint density at radius 2 is 1.83 bits per heavy atom. The fourth-order valence-electron chi connectivity index (χ4n) is 3.60. The molecule has 1 fully saturated rings. The van der Waals surface area contributed by atoms with E-state index in [1.54, 1.807) is 14.2 Å². The third-order valence-electron chi connectivity index (χ3n) is 5.32. The van der Waals surface area contributed by atoms with Crippen LogP contribution in [0.3, 0.4) is 0 Å². The van der Waals surface area contributed by atoms with Crippen LogP contribution in [0.2, 0.25) is 0 Å². The molecule has 0 spiro atoms. The first kappa shape index (κ1) is 27.0. The molecule has 30 heavy (non-hydrogen) atoms. The second-order valence-electron chi connectivity index (χ2n) is 7.80. The van der Waals surface area contributed by atoms with Crippen LogP contribution in [0.15, 0.2) is 29.3 Å². The number of nitrogens with one attached hydrogen (secondary N) is 2. The van der Waals surface area contributed by atoms with E-state index in [0.29, 0.717) is 12.4 Å². The van der Waals surface area contributed by atoms with Gasteiger partial charge in [0, 0.05) is 25.9 Å². The van der Waals surface area contributed by atoms with Gasteiger partial charge in [-0.25, -0.2) is 8.42 Å². The Bertz CT molecular complexity index is 750. The molecule has 0 aliphatic carbocycles. The van der Waals surface area contributed by atoms with Crippen LogP contribution in [-0.4, -0.2) is 71.1 Å². The molecule has 0 amide bonds. The predicted molar refractivity (Wildman–Crippen MR) is 135 cm³/mol. The summed E-state index contributed by atoms with van der Waals surface area (Å²) in [4.78, 5) is 6.84. The maximum atomic E-state index is 11.4. The molecule has 1 saturated heterocycles. The number of hydrogen-bond acceptors (Lipinski definition) is 5. The highest BCUT2D eigenvalue weighted by Crippen LogP contribution is 2.25. The maximum Gasteiger partial charge on any atom is 0.191 e. The molecular weight excluding hydrogens is 515 g/mol. The standard InChI is InChI=1S/C21H36N4O3S.HI/c1-17(12-15-29(4,26)27)24-21(22-2)23-16-20(25-13-6-5-7-14-25)18-8-10-19(28-3)11-9-18;/h8-11,17,20H,5-7,12-16H2,1-4H3,(H2,22,23,24);1H. The number of rotatable bonds is 9. The van der Waals surface area contributed by atoms with Crippen molar-refractivity contribution in [2.45, 2.75) is 44.7 Å². The Hall–Kier alpha value is -1.07. The molecule has 7 nitrogen and oxygen atoms in total. The van der Waals surface area contributed by atoms with E-state index >= 15 is 0 Å². The van der Waals surface area contributed by atoms with Gasteiger partial charge in [0.2, 0.25) is 0 Å². The van der Waals surface area contributed by atoms with Crippen LogP contribution in [0, 0.1) is 0 Å². The van der Waals surface area contributed by atoms with E-state index < -0.39 is 9.84 Å². The highest BCUT2D eigenvalue weighted by atomic mass is 127. The molecule has 0 radical (unpaired) electrons. The van der Waals surface area contributed by atoms with Gasteiger partial charge >= 0.3 is 0 Å². The Labute approximate surface area is 199 Å². The van der Waals surface area contributed by atoms with E-state index in [2.05, 4.69) is 32.7 Å². The van der Waals surface area contributed by atoms with Gasteiger partial charge < -0.3 is 15.4 Å². The zero-order valence-electron chi connectivity index (χ0n) is 18.6. The first-order valence-corrected chi connectivity index (χ1v) is 12.4. The van der Waals surface area contributed by atoms with Crippen molar-refractivity contribution in [1.29, 1.82) is 0 Å². The summed E-state index contributed by atoms with van der Waals surface area (Å²) in [6, 6.07) is 8.53. The van der Waals surface area contributed by atoms with E-state index in [0.717, 1.165) is 25.4 Å². The molecule has 0 aromatic heterocycles. The summed E-state index contributed by atoms with van der Waals surface area (Å²) >= 11 is 0. The average molecular weight is 553 g/mol. The quantitative estimate of drug-likeness (QED) is 0.279. The molecular formula is C21H37IN4O3S. The van der Waals surface area contributed by atoms with Gasteiger partial charge in [-0.15, -0.1) is 24.0 Å². The number of piperidine rings is 1. The van der Waals surface area contributed by atoms with E-state index in [4.69, 9.17) is 4.74 Å². The van der Waals surface area contributed by atoms with Crippen LogP contribution < -0.4 is 15.4 Å². The van der Waals surface area contributed by atoms with E-state index in [-0.39, 0.29) is 41.8 Å². The van der Waals surface area contributed by atoms with Gasteiger partial charge in [0.1, 0.15) is 15.6 Å². The highest BCUT2D eigenvalue weighted by molar-refractivity contribution is 14.0. The zero-order chi connectivity index (χ0) is 21.3. The summed E-state index contributed by atoms with van der Waals surface area (Å²) in [6.45, 7) is 4.89. The Morgan fingerprint density at radius 3 is 2.37 bits per heavy atom. The fourth-order valence-corrected chi connectivity index (χ4v) is 4.38.